The summed E-state index contributed by atoms with van der Waals surface area (Å²) >= 11 is 0. The monoisotopic (exact) mass is 279 g/mol. The zero-order valence-electron chi connectivity index (χ0n) is 11.8. The van der Waals surface area contributed by atoms with Crippen LogP contribution < -0.4 is 5.32 Å². The molecule has 0 saturated carbocycles. The van der Waals surface area contributed by atoms with Crippen molar-refractivity contribution >= 4 is 5.69 Å². The number of nitrogens with one attached hydrogen (secondary N) is 2. The number of nitrogens with zero attached hydrogens (tertiary/aromatic N) is 1. The van der Waals surface area contributed by atoms with E-state index in [1.807, 2.05) is 43.3 Å². The Morgan fingerprint density at radius 2 is 2.05 bits per heavy atom. The molecular weight excluding hydrogens is 262 g/mol. The molecule has 1 heterocycles. The highest BCUT2D eigenvalue weighted by Gasteiger charge is 2.03. The smallest absolute Gasteiger partial charge is 0.120 e. The van der Waals surface area contributed by atoms with E-state index in [0.29, 0.717) is 12.3 Å². The van der Waals surface area contributed by atoms with Crippen molar-refractivity contribution < 1.29 is 5.11 Å². The average molecular weight is 279 g/mol. The fourth-order valence-electron chi connectivity index (χ4n) is 2.27. The molecule has 2 aromatic carbocycles. The van der Waals surface area contributed by atoms with Gasteiger partial charge in [0.1, 0.15) is 5.75 Å². The topological polar surface area (TPSA) is 60.9 Å². The predicted molar refractivity (Wildman–Crippen MR) is 84.2 cm³/mol. The van der Waals surface area contributed by atoms with E-state index >= 15 is 0 Å². The summed E-state index contributed by atoms with van der Waals surface area (Å²) in [7, 11) is 0. The molecule has 0 saturated heterocycles. The number of rotatable bonds is 4. The minimum Gasteiger partial charge on any atom is -0.508 e. The predicted octanol–water partition coefficient (Wildman–Crippen LogP) is 3.70. The van der Waals surface area contributed by atoms with Crippen molar-refractivity contribution in [3.8, 4) is 17.0 Å². The van der Waals surface area contributed by atoms with Gasteiger partial charge in [0.15, 0.2) is 0 Å². The van der Waals surface area contributed by atoms with Gasteiger partial charge in [0.25, 0.3) is 0 Å². The fourth-order valence-corrected chi connectivity index (χ4v) is 2.27. The molecule has 1 aromatic heterocycles. The van der Waals surface area contributed by atoms with E-state index in [-0.39, 0.29) is 0 Å². The Bertz CT molecular complexity index is 736. The minimum atomic E-state index is 0.317. The molecule has 0 atom stereocenters. The Kier molecular flexibility index (Phi) is 3.60. The molecule has 0 unspecified atom stereocenters. The molecule has 106 valence electrons. The van der Waals surface area contributed by atoms with E-state index < -0.39 is 0 Å². The minimum absolute atomic E-state index is 0.317. The molecule has 0 spiro atoms. The van der Waals surface area contributed by atoms with Crippen molar-refractivity contribution in [1.82, 2.24) is 10.2 Å². The number of H-pyrrole nitrogens is 1. The fraction of sp³-hybridized carbons (Fsp3) is 0.118. The van der Waals surface area contributed by atoms with Gasteiger partial charge in [-0.3, -0.25) is 5.10 Å². The van der Waals surface area contributed by atoms with Crippen LogP contribution in [0, 0.1) is 6.92 Å². The highest BCUT2D eigenvalue weighted by Crippen LogP contribution is 2.23. The number of hydrogen-bond acceptors (Lipinski definition) is 3. The Morgan fingerprint density at radius 1 is 1.14 bits per heavy atom. The molecular formula is C17H17N3O. The lowest BCUT2D eigenvalue weighted by Crippen LogP contribution is -2.00. The highest BCUT2D eigenvalue weighted by atomic mass is 16.3. The third-order valence-electron chi connectivity index (χ3n) is 3.39. The summed E-state index contributed by atoms with van der Waals surface area (Å²) in [6.45, 7) is 2.60. The van der Waals surface area contributed by atoms with Gasteiger partial charge >= 0.3 is 0 Å². The summed E-state index contributed by atoms with van der Waals surface area (Å²) < 4.78 is 0. The van der Waals surface area contributed by atoms with Gasteiger partial charge < -0.3 is 10.4 Å². The molecule has 3 N–H and O–H groups in total. The number of benzene rings is 2. The first-order valence-electron chi connectivity index (χ1n) is 6.84. The van der Waals surface area contributed by atoms with Crippen molar-refractivity contribution in [3.63, 3.8) is 0 Å². The maximum absolute atomic E-state index is 9.86. The van der Waals surface area contributed by atoms with E-state index in [0.717, 1.165) is 28.1 Å². The molecule has 0 bridgehead atoms. The maximum Gasteiger partial charge on any atom is 0.120 e. The van der Waals surface area contributed by atoms with Gasteiger partial charge in [0.2, 0.25) is 0 Å². The van der Waals surface area contributed by atoms with Crippen LogP contribution in [0.15, 0.2) is 54.7 Å². The Hall–Kier alpha value is -2.75. The van der Waals surface area contributed by atoms with Crippen LogP contribution >= 0.6 is 0 Å². The van der Waals surface area contributed by atoms with Crippen molar-refractivity contribution in [1.29, 1.82) is 0 Å². The first kappa shape index (κ1) is 13.2. The first-order chi connectivity index (χ1) is 10.2. The first-order valence-corrected chi connectivity index (χ1v) is 6.84. The second-order valence-electron chi connectivity index (χ2n) is 5.04. The highest BCUT2D eigenvalue weighted by molar-refractivity contribution is 5.64. The number of phenols is 1. The molecule has 3 rings (SSSR count). The van der Waals surface area contributed by atoms with E-state index in [2.05, 4.69) is 21.6 Å². The third kappa shape index (κ3) is 3.05. The van der Waals surface area contributed by atoms with Crippen LogP contribution in [0.4, 0.5) is 5.69 Å². The van der Waals surface area contributed by atoms with Gasteiger partial charge in [-0.25, -0.2) is 0 Å². The summed E-state index contributed by atoms with van der Waals surface area (Å²) in [5.74, 6) is 0.317. The van der Waals surface area contributed by atoms with Crippen LogP contribution in [0.25, 0.3) is 11.3 Å². The molecule has 0 amide bonds. The van der Waals surface area contributed by atoms with Gasteiger partial charge in [0, 0.05) is 29.6 Å². The SMILES string of the molecule is Cc1ccc(O)c(CNc2cccc(-c3ccn[nH]3)c2)c1. The zero-order valence-corrected chi connectivity index (χ0v) is 11.8. The summed E-state index contributed by atoms with van der Waals surface area (Å²) in [4.78, 5) is 0. The lowest BCUT2D eigenvalue weighted by molar-refractivity contribution is 0.469. The van der Waals surface area contributed by atoms with Crippen LogP contribution in [0.5, 0.6) is 5.75 Å². The van der Waals surface area contributed by atoms with Crippen LogP contribution in [0.1, 0.15) is 11.1 Å². The second-order valence-corrected chi connectivity index (χ2v) is 5.04. The van der Waals surface area contributed by atoms with E-state index in [4.69, 9.17) is 0 Å². The van der Waals surface area contributed by atoms with Crippen molar-refractivity contribution in [2.75, 3.05) is 5.32 Å². The molecule has 0 aliphatic carbocycles. The Balaban J connectivity index is 1.76. The summed E-state index contributed by atoms with van der Waals surface area (Å²) in [6.07, 6.45) is 1.74. The van der Waals surface area contributed by atoms with E-state index in [1.54, 1.807) is 12.3 Å². The number of aromatic nitrogens is 2. The largest absolute Gasteiger partial charge is 0.508 e. The van der Waals surface area contributed by atoms with Crippen LogP contribution in [-0.2, 0) is 6.54 Å². The van der Waals surface area contributed by atoms with E-state index in [9.17, 15) is 5.11 Å². The third-order valence-corrected chi connectivity index (χ3v) is 3.39. The number of aromatic amines is 1. The average Bonchev–Trinajstić information content (AvgIpc) is 3.03. The van der Waals surface area contributed by atoms with Crippen molar-refractivity contribution in [3.05, 3.63) is 65.9 Å². The number of aromatic hydroxyl groups is 1. The van der Waals surface area contributed by atoms with Gasteiger partial charge in [0.05, 0.1) is 5.69 Å². The Labute approximate surface area is 123 Å². The van der Waals surface area contributed by atoms with Gasteiger partial charge in [-0.2, -0.15) is 5.10 Å². The molecule has 4 heteroatoms. The normalized spacial score (nSPS) is 10.5. The standard InChI is InChI=1S/C17H17N3O/c1-12-5-6-17(21)14(9-12)11-18-15-4-2-3-13(10-15)16-7-8-19-20-16/h2-10,18,21H,11H2,1H3,(H,19,20). The van der Waals surface area contributed by atoms with Crippen LogP contribution in [-0.4, -0.2) is 15.3 Å². The number of aryl methyl sites for hydroxylation is 1. The maximum atomic E-state index is 9.86. The number of hydrogen-bond donors (Lipinski definition) is 3. The zero-order chi connectivity index (χ0) is 14.7. The lowest BCUT2D eigenvalue weighted by atomic mass is 10.1. The molecule has 3 aromatic rings. The lowest BCUT2D eigenvalue weighted by Gasteiger charge is -2.10. The molecule has 4 nitrogen and oxygen atoms in total. The Morgan fingerprint density at radius 3 is 2.86 bits per heavy atom. The molecule has 21 heavy (non-hydrogen) atoms. The summed E-state index contributed by atoms with van der Waals surface area (Å²) in [5, 5.41) is 20.1. The summed E-state index contributed by atoms with van der Waals surface area (Å²) in [6, 6.07) is 15.6. The molecule has 0 aliphatic heterocycles. The number of anilines is 1. The van der Waals surface area contributed by atoms with Gasteiger partial charge in [-0.1, -0.05) is 29.8 Å². The second kappa shape index (κ2) is 5.71. The van der Waals surface area contributed by atoms with Crippen molar-refractivity contribution in [2.45, 2.75) is 13.5 Å². The van der Waals surface area contributed by atoms with Gasteiger partial charge in [-0.05, 0) is 31.2 Å². The van der Waals surface area contributed by atoms with Crippen molar-refractivity contribution in [2.24, 2.45) is 0 Å². The van der Waals surface area contributed by atoms with Crippen LogP contribution in [0.2, 0.25) is 0 Å². The molecule has 0 radical (unpaired) electrons. The van der Waals surface area contributed by atoms with Crippen LogP contribution in [0.3, 0.4) is 0 Å². The van der Waals surface area contributed by atoms with Gasteiger partial charge in [-0.15, -0.1) is 0 Å². The summed E-state index contributed by atoms with van der Waals surface area (Å²) in [5.41, 5.74) is 5.09. The molecule has 0 aliphatic rings. The molecule has 0 fully saturated rings. The van der Waals surface area contributed by atoms with E-state index in [1.165, 1.54) is 0 Å². The number of phenolic OH excluding ortho intramolecular Hbond substituents is 1. The quantitative estimate of drug-likeness (QED) is 0.682.